The Hall–Kier alpha value is -1.88. The van der Waals surface area contributed by atoms with Gasteiger partial charge in [-0.05, 0) is 18.9 Å². The number of fused-ring (bicyclic) bond motifs is 1. The third kappa shape index (κ3) is 2.08. The predicted octanol–water partition coefficient (Wildman–Crippen LogP) is 2.49. The first-order valence-electron chi connectivity index (χ1n) is 6.81. The van der Waals surface area contributed by atoms with E-state index in [4.69, 9.17) is 4.74 Å². The molecule has 106 valence electrons. The Morgan fingerprint density at radius 1 is 1.40 bits per heavy atom. The summed E-state index contributed by atoms with van der Waals surface area (Å²) in [6.07, 6.45) is 3.44. The topological polar surface area (TPSA) is 43.3 Å². The lowest BCUT2D eigenvalue weighted by Gasteiger charge is -2.24. The number of nitrogens with zero attached hydrogens (tertiary/aromatic N) is 1. The highest BCUT2D eigenvalue weighted by atomic mass is 19.1. The quantitative estimate of drug-likeness (QED) is 0.915. The van der Waals surface area contributed by atoms with E-state index in [0.717, 1.165) is 12.8 Å². The van der Waals surface area contributed by atoms with Crippen LogP contribution < -0.4 is 5.32 Å². The van der Waals surface area contributed by atoms with Gasteiger partial charge >= 0.3 is 0 Å². The van der Waals surface area contributed by atoms with Crippen molar-refractivity contribution in [2.75, 3.05) is 20.3 Å². The van der Waals surface area contributed by atoms with Crippen molar-refractivity contribution < 1.29 is 13.9 Å². The zero-order valence-corrected chi connectivity index (χ0v) is 11.4. The van der Waals surface area contributed by atoms with Crippen molar-refractivity contribution in [3.63, 3.8) is 0 Å². The number of carbonyl (C=O) groups is 1. The van der Waals surface area contributed by atoms with Crippen LogP contribution in [0.3, 0.4) is 0 Å². The van der Waals surface area contributed by atoms with Crippen LogP contribution in [0.2, 0.25) is 0 Å². The van der Waals surface area contributed by atoms with Crippen molar-refractivity contribution in [2.45, 2.75) is 18.9 Å². The zero-order chi connectivity index (χ0) is 14.1. The van der Waals surface area contributed by atoms with Gasteiger partial charge in [-0.1, -0.05) is 12.1 Å². The molecule has 0 spiro atoms. The molecule has 1 aliphatic heterocycles. The Labute approximate surface area is 116 Å². The van der Waals surface area contributed by atoms with E-state index in [1.165, 1.54) is 6.07 Å². The van der Waals surface area contributed by atoms with Crippen LogP contribution in [0, 0.1) is 5.82 Å². The second-order valence-electron chi connectivity index (χ2n) is 5.01. The fourth-order valence-electron chi connectivity index (χ4n) is 2.84. The van der Waals surface area contributed by atoms with E-state index in [1.54, 1.807) is 25.4 Å². The minimum Gasteiger partial charge on any atom is -0.381 e. The highest BCUT2D eigenvalue weighted by Crippen LogP contribution is 2.31. The van der Waals surface area contributed by atoms with Crippen molar-refractivity contribution in [1.29, 1.82) is 0 Å². The van der Waals surface area contributed by atoms with E-state index in [1.807, 2.05) is 4.57 Å². The molecule has 1 aromatic carbocycles. The molecule has 0 unspecified atom stereocenters. The molecule has 0 bridgehead atoms. The molecule has 4 nitrogen and oxygen atoms in total. The normalized spacial score (nSPS) is 16.5. The number of aromatic nitrogens is 1. The first kappa shape index (κ1) is 13.1. The van der Waals surface area contributed by atoms with Gasteiger partial charge in [0.2, 0.25) is 0 Å². The van der Waals surface area contributed by atoms with E-state index >= 15 is 0 Å². The lowest BCUT2D eigenvalue weighted by Crippen LogP contribution is -2.20. The molecule has 1 amide bonds. The van der Waals surface area contributed by atoms with Gasteiger partial charge in [0.1, 0.15) is 5.82 Å². The molecule has 5 heteroatoms. The molecule has 1 N–H and O–H groups in total. The molecule has 3 rings (SSSR count). The van der Waals surface area contributed by atoms with Crippen LogP contribution in [0.25, 0.3) is 10.9 Å². The Morgan fingerprint density at radius 2 is 2.15 bits per heavy atom. The molecular formula is C15H17FN2O2. The van der Waals surface area contributed by atoms with Crippen molar-refractivity contribution in [3.05, 3.63) is 35.8 Å². The van der Waals surface area contributed by atoms with Gasteiger partial charge in [-0.3, -0.25) is 4.79 Å². The number of ether oxygens (including phenoxy) is 1. The van der Waals surface area contributed by atoms with Crippen LogP contribution in [0.4, 0.5) is 4.39 Å². The van der Waals surface area contributed by atoms with Gasteiger partial charge in [0, 0.05) is 37.9 Å². The van der Waals surface area contributed by atoms with Gasteiger partial charge in [-0.15, -0.1) is 0 Å². The summed E-state index contributed by atoms with van der Waals surface area (Å²) in [5.41, 5.74) is 1.03. The summed E-state index contributed by atoms with van der Waals surface area (Å²) >= 11 is 0. The van der Waals surface area contributed by atoms with Crippen molar-refractivity contribution in [1.82, 2.24) is 9.88 Å². The van der Waals surface area contributed by atoms with Gasteiger partial charge < -0.3 is 14.6 Å². The summed E-state index contributed by atoms with van der Waals surface area (Å²) in [4.78, 5) is 12.0. The molecule has 0 saturated carbocycles. The fraction of sp³-hybridized carbons (Fsp3) is 0.400. The molecule has 0 atom stereocenters. The number of halogens is 1. The lowest BCUT2D eigenvalue weighted by molar-refractivity contribution is 0.0705. The number of hydrogen-bond acceptors (Lipinski definition) is 2. The average molecular weight is 276 g/mol. The van der Waals surface area contributed by atoms with E-state index < -0.39 is 0 Å². The maximum Gasteiger partial charge on any atom is 0.253 e. The molecule has 0 radical (unpaired) electrons. The van der Waals surface area contributed by atoms with E-state index in [-0.39, 0.29) is 17.8 Å². The maximum atomic E-state index is 14.2. The van der Waals surface area contributed by atoms with Crippen LogP contribution in [0.5, 0.6) is 0 Å². The lowest BCUT2D eigenvalue weighted by atomic mass is 10.1. The Bertz CT molecular complexity index is 645. The van der Waals surface area contributed by atoms with E-state index in [0.29, 0.717) is 29.7 Å². The number of para-hydroxylation sites is 1. The number of benzene rings is 1. The summed E-state index contributed by atoms with van der Waals surface area (Å²) in [5, 5.41) is 3.27. The average Bonchev–Trinajstić information content (AvgIpc) is 2.88. The van der Waals surface area contributed by atoms with Crippen molar-refractivity contribution in [2.24, 2.45) is 0 Å². The van der Waals surface area contributed by atoms with Gasteiger partial charge in [0.15, 0.2) is 0 Å². The summed E-state index contributed by atoms with van der Waals surface area (Å²) in [6, 6.07) is 5.05. The highest BCUT2D eigenvalue weighted by molar-refractivity contribution is 6.07. The molecule has 2 aromatic rings. The predicted molar refractivity (Wildman–Crippen MR) is 74.4 cm³/mol. The van der Waals surface area contributed by atoms with Crippen LogP contribution in [0.1, 0.15) is 29.2 Å². The molecular weight excluding hydrogens is 259 g/mol. The molecule has 0 aliphatic carbocycles. The third-order valence-corrected chi connectivity index (χ3v) is 3.86. The van der Waals surface area contributed by atoms with Gasteiger partial charge in [-0.2, -0.15) is 0 Å². The zero-order valence-electron chi connectivity index (χ0n) is 11.4. The van der Waals surface area contributed by atoms with E-state index in [9.17, 15) is 9.18 Å². The largest absolute Gasteiger partial charge is 0.381 e. The Balaban J connectivity index is 2.18. The number of amides is 1. The van der Waals surface area contributed by atoms with Gasteiger partial charge in [0.05, 0.1) is 11.1 Å². The maximum absolute atomic E-state index is 14.2. The Morgan fingerprint density at radius 3 is 2.85 bits per heavy atom. The number of hydrogen-bond donors (Lipinski definition) is 1. The minimum atomic E-state index is -0.288. The second-order valence-corrected chi connectivity index (χ2v) is 5.01. The van der Waals surface area contributed by atoms with Crippen molar-refractivity contribution in [3.8, 4) is 0 Å². The second kappa shape index (κ2) is 5.25. The standard InChI is InChI=1S/C15H17FN2O2/c1-17-15(19)12-9-18(10-5-7-20-8-6-10)14-11(12)3-2-4-13(14)16/h2-4,9-10H,5-8H2,1H3,(H,17,19). The fourth-order valence-corrected chi connectivity index (χ4v) is 2.84. The summed E-state index contributed by atoms with van der Waals surface area (Å²) in [5.74, 6) is -0.476. The Kier molecular flexibility index (Phi) is 3.44. The first-order chi connectivity index (χ1) is 9.72. The molecule has 1 aliphatic rings. The summed E-state index contributed by atoms with van der Waals surface area (Å²) in [7, 11) is 1.58. The van der Waals surface area contributed by atoms with Crippen LogP contribution in [-0.4, -0.2) is 30.7 Å². The molecule has 20 heavy (non-hydrogen) atoms. The van der Waals surface area contributed by atoms with Gasteiger partial charge in [-0.25, -0.2) is 4.39 Å². The highest BCUT2D eigenvalue weighted by Gasteiger charge is 2.23. The summed E-state index contributed by atoms with van der Waals surface area (Å²) < 4.78 is 21.5. The third-order valence-electron chi connectivity index (χ3n) is 3.86. The van der Waals surface area contributed by atoms with E-state index in [2.05, 4.69) is 5.32 Å². The van der Waals surface area contributed by atoms with Crippen LogP contribution >= 0.6 is 0 Å². The smallest absolute Gasteiger partial charge is 0.253 e. The van der Waals surface area contributed by atoms with Crippen LogP contribution in [-0.2, 0) is 4.74 Å². The molecule has 1 aromatic heterocycles. The SMILES string of the molecule is CNC(=O)c1cn(C2CCOCC2)c2c(F)cccc12. The minimum absolute atomic E-state index is 0.182. The summed E-state index contributed by atoms with van der Waals surface area (Å²) in [6.45, 7) is 1.35. The molecule has 1 saturated heterocycles. The van der Waals surface area contributed by atoms with Crippen LogP contribution in [0.15, 0.2) is 24.4 Å². The van der Waals surface area contributed by atoms with Gasteiger partial charge in [0.25, 0.3) is 5.91 Å². The van der Waals surface area contributed by atoms with Crippen molar-refractivity contribution >= 4 is 16.8 Å². The molecule has 1 fully saturated rings. The number of carbonyl (C=O) groups excluding carboxylic acids is 1. The monoisotopic (exact) mass is 276 g/mol. The number of rotatable bonds is 2. The number of nitrogens with one attached hydrogen (secondary N) is 1. The molecule has 2 heterocycles. The first-order valence-corrected chi connectivity index (χ1v) is 6.81.